The second kappa shape index (κ2) is 8.29. The van der Waals surface area contributed by atoms with Crippen LogP contribution >= 0.6 is 23.4 Å². The molecule has 21 heavy (non-hydrogen) atoms. The van der Waals surface area contributed by atoms with Crippen LogP contribution in [0.5, 0.6) is 0 Å². The van der Waals surface area contributed by atoms with E-state index in [0.29, 0.717) is 17.2 Å². The molecule has 1 aromatic carbocycles. The quantitative estimate of drug-likeness (QED) is 0.817. The molecule has 0 unspecified atom stereocenters. The number of amides is 2. The van der Waals surface area contributed by atoms with Crippen molar-refractivity contribution in [3.63, 3.8) is 0 Å². The Hall–Kier alpha value is -1.20. The highest BCUT2D eigenvalue weighted by Gasteiger charge is 2.17. The van der Waals surface area contributed by atoms with E-state index in [2.05, 4.69) is 5.32 Å². The molecule has 0 saturated carbocycles. The molecule has 1 heterocycles. The Morgan fingerprint density at radius 2 is 1.95 bits per heavy atom. The zero-order valence-electron chi connectivity index (χ0n) is 11.8. The Balaban J connectivity index is 1.63. The molecule has 0 spiro atoms. The zero-order chi connectivity index (χ0) is 15.1. The molecule has 2 rings (SSSR count). The van der Waals surface area contributed by atoms with Crippen molar-refractivity contribution in [3.8, 4) is 0 Å². The first-order chi connectivity index (χ1) is 10.2. The summed E-state index contributed by atoms with van der Waals surface area (Å²) in [6.45, 7) is 1.74. The largest absolute Gasteiger partial charge is 0.347 e. The van der Waals surface area contributed by atoms with Gasteiger partial charge in [0.1, 0.15) is 0 Å². The third-order valence-electron chi connectivity index (χ3n) is 3.32. The van der Waals surface area contributed by atoms with E-state index in [1.54, 1.807) is 16.7 Å². The number of halogens is 1. The molecule has 114 valence electrons. The molecule has 0 bridgehead atoms. The number of carbonyl (C=O) groups excluding carboxylic acids is 2. The zero-order valence-corrected chi connectivity index (χ0v) is 13.4. The Kier molecular flexibility index (Phi) is 6.39. The first-order valence-electron chi connectivity index (χ1n) is 7.08. The first kappa shape index (κ1) is 16.2. The van der Waals surface area contributed by atoms with Gasteiger partial charge in [-0.25, -0.2) is 0 Å². The van der Waals surface area contributed by atoms with Gasteiger partial charge in [0.05, 0.1) is 11.6 Å². The maximum Gasteiger partial charge on any atom is 0.241 e. The topological polar surface area (TPSA) is 49.4 Å². The van der Waals surface area contributed by atoms with Gasteiger partial charge >= 0.3 is 0 Å². The Morgan fingerprint density at radius 3 is 2.67 bits per heavy atom. The van der Waals surface area contributed by atoms with E-state index in [9.17, 15) is 9.59 Å². The lowest BCUT2D eigenvalue weighted by molar-refractivity contribution is -0.131. The van der Waals surface area contributed by atoms with E-state index in [0.717, 1.165) is 30.8 Å². The van der Waals surface area contributed by atoms with Crippen LogP contribution in [0.3, 0.4) is 0 Å². The minimum absolute atomic E-state index is 0.0135. The smallest absolute Gasteiger partial charge is 0.241 e. The standard InChI is InChI=1S/C15H19ClN2O2S/c16-12-5-1-2-6-13(12)21-10-7-14(19)17-11-15(20)18-8-3-4-9-18/h1-2,5-6H,3-4,7-11H2,(H,17,19). The SMILES string of the molecule is O=C(CCSc1ccccc1Cl)NCC(=O)N1CCCC1. The van der Waals surface area contributed by atoms with Gasteiger partial charge in [-0.2, -0.15) is 0 Å². The van der Waals surface area contributed by atoms with Crippen molar-refractivity contribution in [1.29, 1.82) is 0 Å². The Labute approximate surface area is 134 Å². The molecule has 0 atom stereocenters. The first-order valence-corrected chi connectivity index (χ1v) is 8.45. The Morgan fingerprint density at radius 1 is 1.24 bits per heavy atom. The molecule has 0 radical (unpaired) electrons. The van der Waals surface area contributed by atoms with Crippen molar-refractivity contribution in [3.05, 3.63) is 29.3 Å². The fourth-order valence-electron chi connectivity index (χ4n) is 2.16. The monoisotopic (exact) mass is 326 g/mol. The van der Waals surface area contributed by atoms with Crippen molar-refractivity contribution in [2.45, 2.75) is 24.2 Å². The number of nitrogens with one attached hydrogen (secondary N) is 1. The lowest BCUT2D eigenvalue weighted by Gasteiger charge is -2.15. The molecule has 0 aromatic heterocycles. The van der Waals surface area contributed by atoms with Crippen LogP contribution < -0.4 is 5.32 Å². The molecule has 1 aliphatic rings. The highest BCUT2D eigenvalue weighted by atomic mass is 35.5. The predicted octanol–water partition coefficient (Wildman–Crippen LogP) is 2.56. The summed E-state index contributed by atoms with van der Waals surface area (Å²) in [6, 6.07) is 7.56. The number of benzene rings is 1. The number of thioether (sulfide) groups is 1. The third kappa shape index (κ3) is 5.25. The van der Waals surface area contributed by atoms with Crippen molar-refractivity contribution < 1.29 is 9.59 Å². The molecule has 4 nitrogen and oxygen atoms in total. The number of carbonyl (C=O) groups is 2. The van der Waals surface area contributed by atoms with Crippen LogP contribution in [0.25, 0.3) is 0 Å². The van der Waals surface area contributed by atoms with Gasteiger partial charge in [0.15, 0.2) is 0 Å². The third-order valence-corrected chi connectivity index (χ3v) is 4.84. The molecule has 1 aliphatic heterocycles. The van der Waals surface area contributed by atoms with E-state index < -0.39 is 0 Å². The molecule has 1 fully saturated rings. The average molecular weight is 327 g/mol. The van der Waals surface area contributed by atoms with Gasteiger partial charge in [0.2, 0.25) is 11.8 Å². The molecule has 2 amide bonds. The van der Waals surface area contributed by atoms with Gasteiger partial charge in [-0.3, -0.25) is 9.59 Å². The summed E-state index contributed by atoms with van der Waals surface area (Å²) in [5.74, 6) is 0.565. The van der Waals surface area contributed by atoms with Gasteiger partial charge in [-0.15, -0.1) is 11.8 Å². The number of nitrogens with zero attached hydrogens (tertiary/aromatic N) is 1. The summed E-state index contributed by atoms with van der Waals surface area (Å²) in [6.07, 6.45) is 2.51. The van der Waals surface area contributed by atoms with Crippen LogP contribution in [0.2, 0.25) is 5.02 Å². The second-order valence-corrected chi connectivity index (χ2v) is 6.44. The summed E-state index contributed by atoms with van der Waals surface area (Å²) in [4.78, 5) is 26.3. The van der Waals surface area contributed by atoms with Crippen molar-refractivity contribution >= 4 is 35.2 Å². The van der Waals surface area contributed by atoms with Gasteiger partial charge in [0, 0.05) is 30.2 Å². The van der Waals surface area contributed by atoms with Crippen LogP contribution in [-0.2, 0) is 9.59 Å². The normalized spacial score (nSPS) is 14.2. The maximum atomic E-state index is 11.8. The molecule has 1 saturated heterocycles. The summed E-state index contributed by atoms with van der Waals surface area (Å²) < 4.78 is 0. The molecule has 6 heteroatoms. The van der Waals surface area contributed by atoms with Crippen LogP contribution in [0, 0.1) is 0 Å². The van der Waals surface area contributed by atoms with E-state index in [4.69, 9.17) is 11.6 Å². The number of likely N-dealkylation sites (tertiary alicyclic amines) is 1. The van der Waals surface area contributed by atoms with Gasteiger partial charge in [-0.1, -0.05) is 23.7 Å². The van der Waals surface area contributed by atoms with Crippen molar-refractivity contribution in [1.82, 2.24) is 10.2 Å². The molecular formula is C15H19ClN2O2S. The summed E-state index contributed by atoms with van der Waals surface area (Å²) in [5, 5.41) is 3.38. The number of hydrogen-bond donors (Lipinski definition) is 1. The van der Waals surface area contributed by atoms with Gasteiger partial charge < -0.3 is 10.2 Å². The van der Waals surface area contributed by atoms with E-state index in [1.807, 2.05) is 24.3 Å². The Bertz CT molecular complexity index is 504. The minimum Gasteiger partial charge on any atom is -0.347 e. The van der Waals surface area contributed by atoms with Crippen LogP contribution in [0.15, 0.2) is 29.2 Å². The van der Waals surface area contributed by atoms with Crippen LogP contribution in [0.4, 0.5) is 0 Å². The van der Waals surface area contributed by atoms with Crippen LogP contribution in [0.1, 0.15) is 19.3 Å². The summed E-state index contributed by atoms with van der Waals surface area (Å²) in [7, 11) is 0. The summed E-state index contributed by atoms with van der Waals surface area (Å²) in [5.41, 5.74) is 0. The molecular weight excluding hydrogens is 308 g/mol. The fraction of sp³-hybridized carbons (Fsp3) is 0.467. The molecule has 1 N–H and O–H groups in total. The van der Waals surface area contributed by atoms with Crippen molar-refractivity contribution in [2.24, 2.45) is 0 Å². The average Bonchev–Trinajstić information content (AvgIpc) is 3.01. The minimum atomic E-state index is -0.0953. The van der Waals surface area contributed by atoms with E-state index in [1.165, 1.54) is 0 Å². The molecule has 1 aromatic rings. The number of rotatable bonds is 6. The predicted molar refractivity (Wildman–Crippen MR) is 85.6 cm³/mol. The fourth-order valence-corrected chi connectivity index (χ4v) is 3.34. The second-order valence-electron chi connectivity index (χ2n) is 4.89. The highest BCUT2D eigenvalue weighted by Crippen LogP contribution is 2.26. The molecule has 0 aliphatic carbocycles. The van der Waals surface area contributed by atoms with E-state index in [-0.39, 0.29) is 18.4 Å². The maximum absolute atomic E-state index is 11.8. The van der Waals surface area contributed by atoms with Crippen LogP contribution in [-0.4, -0.2) is 42.1 Å². The highest BCUT2D eigenvalue weighted by molar-refractivity contribution is 7.99. The lowest BCUT2D eigenvalue weighted by Crippen LogP contribution is -2.38. The van der Waals surface area contributed by atoms with Crippen molar-refractivity contribution in [2.75, 3.05) is 25.4 Å². The van der Waals surface area contributed by atoms with Gasteiger partial charge in [-0.05, 0) is 25.0 Å². The number of hydrogen-bond acceptors (Lipinski definition) is 3. The van der Waals surface area contributed by atoms with Gasteiger partial charge in [0.25, 0.3) is 0 Å². The lowest BCUT2D eigenvalue weighted by atomic mass is 10.4. The van der Waals surface area contributed by atoms with E-state index >= 15 is 0 Å². The summed E-state index contributed by atoms with van der Waals surface area (Å²) >= 11 is 7.59.